The Bertz CT molecular complexity index is 1060. The van der Waals surface area contributed by atoms with Crippen molar-refractivity contribution >= 4 is 17.3 Å². The molecule has 0 aliphatic carbocycles. The van der Waals surface area contributed by atoms with Crippen LogP contribution in [0.3, 0.4) is 0 Å². The highest BCUT2D eigenvalue weighted by Crippen LogP contribution is 2.26. The van der Waals surface area contributed by atoms with E-state index in [1.807, 2.05) is 23.9 Å². The summed E-state index contributed by atoms with van der Waals surface area (Å²) in [5, 5.41) is 7.25. The van der Waals surface area contributed by atoms with E-state index >= 15 is 0 Å². The molecule has 1 aromatic carbocycles. The fourth-order valence-electron chi connectivity index (χ4n) is 4.02. The lowest BCUT2D eigenvalue weighted by Crippen LogP contribution is -2.38. The molecule has 0 atom stereocenters. The first-order valence-corrected chi connectivity index (χ1v) is 11.3. The van der Waals surface area contributed by atoms with E-state index in [4.69, 9.17) is 16.2 Å². The maximum Gasteiger partial charge on any atom is 0.270 e. The zero-order valence-electron chi connectivity index (χ0n) is 18.9. The number of carbonyl (C=O) groups excluding carboxylic acids is 1. The first-order valence-electron chi connectivity index (χ1n) is 11.3. The normalized spacial score (nSPS) is 14.8. The van der Waals surface area contributed by atoms with Crippen LogP contribution >= 0.6 is 0 Å². The molecule has 0 bridgehead atoms. The lowest BCUT2D eigenvalue weighted by Gasteiger charge is -2.32. The minimum Gasteiger partial charge on any atom is -0.476 e. The summed E-state index contributed by atoms with van der Waals surface area (Å²) in [6.07, 6.45) is 5.79. The molecule has 0 spiro atoms. The number of nitrogens with zero attached hydrogens (tertiary/aromatic N) is 4. The van der Waals surface area contributed by atoms with Gasteiger partial charge >= 0.3 is 0 Å². The number of nitrogens with one attached hydrogen (secondary N) is 1. The van der Waals surface area contributed by atoms with E-state index < -0.39 is 0 Å². The van der Waals surface area contributed by atoms with Crippen molar-refractivity contribution in [2.45, 2.75) is 26.3 Å². The van der Waals surface area contributed by atoms with E-state index in [-0.39, 0.29) is 23.2 Å². The summed E-state index contributed by atoms with van der Waals surface area (Å²) in [4.78, 5) is 19.3. The first kappa shape index (κ1) is 22.6. The van der Waals surface area contributed by atoms with Crippen molar-refractivity contribution in [3.8, 4) is 11.6 Å². The maximum absolute atomic E-state index is 12.6. The minimum atomic E-state index is -0.262. The molecular weight excluding hydrogens is 418 g/mol. The third-order valence-corrected chi connectivity index (χ3v) is 5.94. The fourth-order valence-corrected chi connectivity index (χ4v) is 4.02. The molecule has 9 heteroatoms. The molecule has 33 heavy (non-hydrogen) atoms. The molecule has 1 fully saturated rings. The molecule has 1 saturated heterocycles. The number of carbonyl (C=O) groups is 1. The number of hydrogen-bond donors (Lipinski definition) is 3. The Morgan fingerprint density at radius 3 is 2.64 bits per heavy atom. The van der Waals surface area contributed by atoms with Crippen LogP contribution < -0.4 is 21.5 Å². The lowest BCUT2D eigenvalue weighted by molar-refractivity contribution is 0.0929. The molecule has 3 aromatic rings. The van der Waals surface area contributed by atoms with Gasteiger partial charge in [-0.05, 0) is 68.6 Å². The fraction of sp³-hybridized carbons (Fsp3) is 0.375. The third kappa shape index (κ3) is 5.61. The van der Waals surface area contributed by atoms with E-state index in [1.165, 1.54) is 11.6 Å². The van der Waals surface area contributed by atoms with Gasteiger partial charge in [-0.2, -0.15) is 5.10 Å². The number of rotatable bonds is 8. The Hall–Kier alpha value is -3.59. The van der Waals surface area contributed by atoms with Gasteiger partial charge in [0.1, 0.15) is 11.4 Å². The average Bonchev–Trinajstić information content (AvgIpc) is 3.37. The van der Waals surface area contributed by atoms with E-state index in [9.17, 15) is 4.79 Å². The van der Waals surface area contributed by atoms with Gasteiger partial charge in [0.15, 0.2) is 0 Å². The zero-order valence-corrected chi connectivity index (χ0v) is 18.9. The molecule has 4 rings (SSSR count). The number of piperidine rings is 1. The van der Waals surface area contributed by atoms with Gasteiger partial charge in [0.2, 0.25) is 5.88 Å². The van der Waals surface area contributed by atoms with Crippen LogP contribution in [0.15, 0.2) is 48.8 Å². The van der Waals surface area contributed by atoms with Crippen LogP contribution in [0.25, 0.3) is 5.69 Å². The van der Waals surface area contributed by atoms with Crippen molar-refractivity contribution in [1.29, 1.82) is 0 Å². The summed E-state index contributed by atoms with van der Waals surface area (Å²) in [7, 11) is 0. The lowest BCUT2D eigenvalue weighted by atomic mass is 9.96. The number of benzene rings is 1. The van der Waals surface area contributed by atoms with Gasteiger partial charge in [-0.3, -0.25) is 9.69 Å². The van der Waals surface area contributed by atoms with Gasteiger partial charge in [-0.25, -0.2) is 9.67 Å². The number of hydrogen-bond acceptors (Lipinski definition) is 7. The molecule has 1 aliphatic heterocycles. The maximum atomic E-state index is 12.6. The van der Waals surface area contributed by atoms with Crippen LogP contribution in [0, 0.1) is 5.92 Å². The molecule has 0 radical (unpaired) electrons. The minimum absolute atomic E-state index is 0.202. The van der Waals surface area contributed by atoms with Gasteiger partial charge in [-0.1, -0.05) is 12.1 Å². The Balaban J connectivity index is 1.24. The van der Waals surface area contributed by atoms with Crippen molar-refractivity contribution in [3.05, 3.63) is 60.0 Å². The van der Waals surface area contributed by atoms with Gasteiger partial charge in [0.25, 0.3) is 5.91 Å². The number of ether oxygens (including phenoxy) is 1. The Labute approximate surface area is 193 Å². The first-order chi connectivity index (χ1) is 16.0. The Kier molecular flexibility index (Phi) is 7.09. The SMILES string of the molecule is CCOc1nc(C(=O)NCC2CCN(Cc3ccc(-n4cccn4)cc3)CC2)cc(N)c1N. The predicted molar refractivity (Wildman–Crippen MR) is 128 cm³/mol. The summed E-state index contributed by atoms with van der Waals surface area (Å²) in [5.74, 6) is 0.376. The van der Waals surface area contributed by atoms with Crippen LogP contribution in [-0.2, 0) is 6.54 Å². The molecular formula is C24H31N7O2. The molecule has 0 saturated carbocycles. The standard InChI is InChI=1S/C24H31N7O2/c1-2-33-24-22(26)20(25)14-21(29-24)23(32)27-15-17-8-12-30(13-9-17)16-18-4-6-19(7-5-18)31-11-3-10-28-31/h3-7,10-11,14,17H,2,8-9,12-13,15-16,26H2,1H3,(H2,25,29)(H,27,32). The van der Waals surface area contributed by atoms with Crippen molar-refractivity contribution in [1.82, 2.24) is 25.0 Å². The van der Waals surface area contributed by atoms with Crippen LogP contribution in [-0.4, -0.2) is 51.8 Å². The second-order valence-electron chi connectivity index (χ2n) is 8.30. The van der Waals surface area contributed by atoms with E-state index in [1.54, 1.807) is 6.20 Å². The van der Waals surface area contributed by atoms with Gasteiger partial charge in [0.05, 0.1) is 18.0 Å². The van der Waals surface area contributed by atoms with Gasteiger partial charge in [0, 0.05) is 25.5 Å². The van der Waals surface area contributed by atoms with Crippen molar-refractivity contribution in [2.24, 2.45) is 5.92 Å². The van der Waals surface area contributed by atoms with E-state index in [0.717, 1.165) is 38.2 Å². The predicted octanol–water partition coefficient (Wildman–Crippen LogP) is 2.47. The summed E-state index contributed by atoms with van der Waals surface area (Å²) in [5.41, 5.74) is 14.9. The second-order valence-corrected chi connectivity index (χ2v) is 8.30. The van der Waals surface area contributed by atoms with Gasteiger partial charge < -0.3 is 21.5 Å². The van der Waals surface area contributed by atoms with E-state index in [2.05, 4.69) is 44.6 Å². The third-order valence-electron chi connectivity index (χ3n) is 5.94. The number of amides is 1. The summed E-state index contributed by atoms with van der Waals surface area (Å²) in [6.45, 7) is 5.77. The molecule has 2 aromatic heterocycles. The van der Waals surface area contributed by atoms with Crippen LogP contribution in [0.1, 0.15) is 35.8 Å². The molecule has 9 nitrogen and oxygen atoms in total. The van der Waals surface area contributed by atoms with Gasteiger partial charge in [-0.15, -0.1) is 0 Å². The molecule has 5 N–H and O–H groups in total. The van der Waals surface area contributed by atoms with E-state index in [0.29, 0.717) is 24.8 Å². The molecule has 3 heterocycles. The number of nitrogens with two attached hydrogens (primary N) is 2. The van der Waals surface area contributed by atoms with Crippen molar-refractivity contribution < 1.29 is 9.53 Å². The Morgan fingerprint density at radius 1 is 1.21 bits per heavy atom. The smallest absolute Gasteiger partial charge is 0.270 e. The highest BCUT2D eigenvalue weighted by atomic mass is 16.5. The number of pyridine rings is 1. The van der Waals surface area contributed by atoms with Crippen molar-refractivity contribution in [2.75, 3.05) is 37.7 Å². The average molecular weight is 450 g/mol. The van der Waals surface area contributed by atoms with Crippen LogP contribution in [0.5, 0.6) is 5.88 Å². The zero-order chi connectivity index (χ0) is 23.2. The van der Waals surface area contributed by atoms with Crippen LogP contribution in [0.4, 0.5) is 11.4 Å². The van der Waals surface area contributed by atoms with Crippen LogP contribution in [0.2, 0.25) is 0 Å². The molecule has 1 amide bonds. The molecule has 174 valence electrons. The number of aromatic nitrogens is 3. The largest absolute Gasteiger partial charge is 0.476 e. The summed E-state index contributed by atoms with van der Waals surface area (Å²) < 4.78 is 7.24. The monoisotopic (exact) mass is 449 g/mol. The molecule has 0 unspecified atom stereocenters. The number of likely N-dealkylation sites (tertiary alicyclic amines) is 1. The number of nitrogen functional groups attached to an aromatic ring is 2. The molecule has 1 aliphatic rings. The summed E-state index contributed by atoms with van der Waals surface area (Å²) >= 11 is 0. The quantitative estimate of drug-likeness (QED) is 0.482. The highest BCUT2D eigenvalue weighted by molar-refractivity contribution is 5.94. The second kappa shape index (κ2) is 10.4. The highest BCUT2D eigenvalue weighted by Gasteiger charge is 2.21. The Morgan fingerprint density at radius 2 is 1.97 bits per heavy atom. The summed E-state index contributed by atoms with van der Waals surface area (Å²) in [6, 6.07) is 11.9. The topological polar surface area (TPSA) is 124 Å². The van der Waals surface area contributed by atoms with Crippen molar-refractivity contribution in [3.63, 3.8) is 0 Å². The number of anilines is 2.